The molecule has 3 aromatic rings. The molecule has 0 spiro atoms. The molecule has 4 rings (SSSR count). The number of hydrogen-bond donors (Lipinski definition) is 1. The first kappa shape index (κ1) is 22.8. The van der Waals surface area contributed by atoms with Crippen LogP contribution in [-0.2, 0) is 6.54 Å². The highest BCUT2D eigenvalue weighted by molar-refractivity contribution is 5.94. The number of para-hydroxylation sites is 1. The number of amides is 1. The van der Waals surface area contributed by atoms with Crippen LogP contribution in [0, 0.1) is 0 Å². The SMILES string of the molecule is CC(C)c1ccccc1Nc1ccc(C(=O)N2CCN(CCn3ccccc3=O)CC2)cc1. The first-order valence-electron chi connectivity index (χ1n) is 11.6. The smallest absolute Gasteiger partial charge is 0.253 e. The Morgan fingerprint density at radius 1 is 0.879 bits per heavy atom. The number of nitrogens with one attached hydrogen (secondary N) is 1. The summed E-state index contributed by atoms with van der Waals surface area (Å²) < 4.78 is 1.73. The summed E-state index contributed by atoms with van der Waals surface area (Å²) in [6.45, 7) is 8.88. The Kier molecular flexibility index (Phi) is 7.25. The van der Waals surface area contributed by atoms with Crippen LogP contribution in [0.4, 0.5) is 11.4 Å². The van der Waals surface area contributed by atoms with E-state index in [-0.39, 0.29) is 11.5 Å². The summed E-state index contributed by atoms with van der Waals surface area (Å²) in [7, 11) is 0. The maximum absolute atomic E-state index is 13.0. The van der Waals surface area contributed by atoms with Crippen molar-refractivity contribution in [3.63, 3.8) is 0 Å². The average molecular weight is 445 g/mol. The highest BCUT2D eigenvalue weighted by Gasteiger charge is 2.22. The number of piperazine rings is 1. The third kappa shape index (κ3) is 5.71. The summed E-state index contributed by atoms with van der Waals surface area (Å²) in [5.74, 6) is 0.505. The van der Waals surface area contributed by atoms with Crippen molar-refractivity contribution in [3.05, 3.63) is 94.4 Å². The average Bonchev–Trinajstić information content (AvgIpc) is 2.84. The van der Waals surface area contributed by atoms with Gasteiger partial charge in [0.05, 0.1) is 0 Å². The molecule has 1 saturated heterocycles. The zero-order valence-corrected chi connectivity index (χ0v) is 19.4. The molecule has 33 heavy (non-hydrogen) atoms. The summed E-state index contributed by atoms with van der Waals surface area (Å²) in [6.07, 6.45) is 1.82. The van der Waals surface area contributed by atoms with Gasteiger partial charge < -0.3 is 14.8 Å². The van der Waals surface area contributed by atoms with Gasteiger partial charge in [0.15, 0.2) is 0 Å². The van der Waals surface area contributed by atoms with Gasteiger partial charge in [-0.2, -0.15) is 0 Å². The molecule has 1 aliphatic rings. The molecule has 0 bridgehead atoms. The van der Waals surface area contributed by atoms with Crippen LogP contribution in [0.2, 0.25) is 0 Å². The minimum absolute atomic E-state index is 0.0249. The molecule has 0 atom stereocenters. The van der Waals surface area contributed by atoms with Crippen LogP contribution in [0.25, 0.3) is 0 Å². The standard InChI is InChI=1S/C27H32N4O2/c1-21(2)24-7-3-4-8-25(24)28-23-12-10-22(11-13-23)27(33)31-19-16-29(17-20-31)15-18-30-14-6-5-9-26(30)32/h3-14,21,28H,15-20H2,1-2H3. The van der Waals surface area contributed by atoms with Crippen molar-refractivity contribution in [1.29, 1.82) is 0 Å². The van der Waals surface area contributed by atoms with Crippen molar-refractivity contribution in [3.8, 4) is 0 Å². The summed E-state index contributed by atoms with van der Waals surface area (Å²) >= 11 is 0. The van der Waals surface area contributed by atoms with E-state index in [2.05, 4.69) is 42.3 Å². The zero-order chi connectivity index (χ0) is 23.2. The van der Waals surface area contributed by atoms with Crippen LogP contribution in [-0.4, -0.2) is 53.0 Å². The number of rotatable bonds is 7. The van der Waals surface area contributed by atoms with Crippen LogP contribution < -0.4 is 10.9 Å². The van der Waals surface area contributed by atoms with E-state index in [1.807, 2.05) is 47.5 Å². The van der Waals surface area contributed by atoms with Gasteiger partial charge in [0, 0.05) is 68.5 Å². The monoisotopic (exact) mass is 444 g/mol. The van der Waals surface area contributed by atoms with Crippen molar-refractivity contribution in [2.24, 2.45) is 0 Å². The lowest BCUT2D eigenvalue weighted by molar-refractivity contribution is 0.0633. The lowest BCUT2D eigenvalue weighted by atomic mass is 10.0. The number of carbonyl (C=O) groups excluding carboxylic acids is 1. The molecule has 0 radical (unpaired) electrons. The molecule has 2 heterocycles. The van der Waals surface area contributed by atoms with Crippen molar-refractivity contribution in [2.75, 3.05) is 38.0 Å². The molecule has 0 unspecified atom stereocenters. The second-order valence-electron chi connectivity index (χ2n) is 8.81. The second-order valence-corrected chi connectivity index (χ2v) is 8.81. The minimum atomic E-state index is 0.0249. The summed E-state index contributed by atoms with van der Waals surface area (Å²) in [5, 5.41) is 3.48. The summed E-state index contributed by atoms with van der Waals surface area (Å²) in [4.78, 5) is 29.1. The minimum Gasteiger partial charge on any atom is -0.355 e. The van der Waals surface area contributed by atoms with Gasteiger partial charge in [-0.1, -0.05) is 38.1 Å². The van der Waals surface area contributed by atoms with E-state index in [0.29, 0.717) is 31.1 Å². The molecule has 1 aromatic heterocycles. The second kappa shape index (κ2) is 10.5. The van der Waals surface area contributed by atoms with Gasteiger partial charge in [0.25, 0.3) is 11.5 Å². The maximum Gasteiger partial charge on any atom is 0.253 e. The van der Waals surface area contributed by atoms with Gasteiger partial charge >= 0.3 is 0 Å². The highest BCUT2D eigenvalue weighted by atomic mass is 16.2. The number of benzene rings is 2. The van der Waals surface area contributed by atoms with Gasteiger partial charge in [0.2, 0.25) is 0 Å². The molecule has 0 saturated carbocycles. The van der Waals surface area contributed by atoms with Crippen molar-refractivity contribution < 1.29 is 4.79 Å². The molecular formula is C27H32N4O2. The van der Waals surface area contributed by atoms with Crippen molar-refractivity contribution in [1.82, 2.24) is 14.4 Å². The van der Waals surface area contributed by atoms with Gasteiger partial charge in [-0.25, -0.2) is 0 Å². The third-order valence-corrected chi connectivity index (χ3v) is 6.21. The van der Waals surface area contributed by atoms with E-state index in [4.69, 9.17) is 0 Å². The molecule has 1 aliphatic heterocycles. The number of carbonyl (C=O) groups is 1. The molecule has 6 nitrogen and oxygen atoms in total. The number of aromatic nitrogens is 1. The maximum atomic E-state index is 13.0. The summed E-state index contributed by atoms with van der Waals surface area (Å²) in [6, 6.07) is 21.3. The molecular weight excluding hydrogens is 412 g/mol. The fourth-order valence-corrected chi connectivity index (χ4v) is 4.22. The molecule has 0 aliphatic carbocycles. The number of pyridine rings is 1. The zero-order valence-electron chi connectivity index (χ0n) is 19.4. The Hall–Kier alpha value is -3.38. The van der Waals surface area contributed by atoms with E-state index in [1.165, 1.54) is 5.56 Å². The largest absolute Gasteiger partial charge is 0.355 e. The summed E-state index contributed by atoms with van der Waals surface area (Å²) in [5.41, 5.74) is 4.08. The lowest BCUT2D eigenvalue weighted by Crippen LogP contribution is -2.49. The quantitative estimate of drug-likeness (QED) is 0.594. The predicted octanol–water partition coefficient (Wildman–Crippen LogP) is 4.17. The Morgan fingerprint density at radius 3 is 2.27 bits per heavy atom. The number of nitrogens with zero attached hydrogens (tertiary/aromatic N) is 3. The molecule has 172 valence electrons. The predicted molar refractivity (Wildman–Crippen MR) is 133 cm³/mol. The Bertz CT molecular complexity index is 1130. The van der Waals surface area contributed by atoms with E-state index in [9.17, 15) is 9.59 Å². The molecule has 1 N–H and O–H groups in total. The molecule has 1 amide bonds. The van der Waals surface area contributed by atoms with Gasteiger partial charge in [0.1, 0.15) is 0 Å². The van der Waals surface area contributed by atoms with Crippen LogP contribution in [0.5, 0.6) is 0 Å². The van der Waals surface area contributed by atoms with E-state index in [0.717, 1.165) is 31.0 Å². The van der Waals surface area contributed by atoms with E-state index >= 15 is 0 Å². The molecule has 6 heteroatoms. The third-order valence-electron chi connectivity index (χ3n) is 6.21. The highest BCUT2D eigenvalue weighted by Crippen LogP contribution is 2.27. The first-order chi connectivity index (χ1) is 16.0. The Balaban J connectivity index is 1.30. The van der Waals surface area contributed by atoms with Crippen molar-refractivity contribution in [2.45, 2.75) is 26.3 Å². The normalized spacial score (nSPS) is 14.5. The van der Waals surface area contributed by atoms with Crippen LogP contribution in [0.1, 0.15) is 35.7 Å². The molecule has 2 aromatic carbocycles. The number of anilines is 2. The Labute approximate surface area is 195 Å². The number of hydrogen-bond acceptors (Lipinski definition) is 4. The molecule has 1 fully saturated rings. The van der Waals surface area contributed by atoms with Crippen LogP contribution in [0.3, 0.4) is 0 Å². The van der Waals surface area contributed by atoms with Crippen LogP contribution in [0.15, 0.2) is 77.7 Å². The van der Waals surface area contributed by atoms with E-state index in [1.54, 1.807) is 16.7 Å². The van der Waals surface area contributed by atoms with E-state index < -0.39 is 0 Å². The lowest BCUT2D eigenvalue weighted by Gasteiger charge is -2.34. The van der Waals surface area contributed by atoms with Gasteiger partial charge in [-0.05, 0) is 47.9 Å². The first-order valence-corrected chi connectivity index (χ1v) is 11.6. The topological polar surface area (TPSA) is 57.6 Å². The fraction of sp³-hybridized carbons (Fsp3) is 0.333. The van der Waals surface area contributed by atoms with Gasteiger partial charge in [-0.15, -0.1) is 0 Å². The Morgan fingerprint density at radius 2 is 1.58 bits per heavy atom. The van der Waals surface area contributed by atoms with Gasteiger partial charge in [-0.3, -0.25) is 14.5 Å². The fourth-order valence-electron chi connectivity index (χ4n) is 4.22. The van der Waals surface area contributed by atoms with Crippen LogP contribution >= 0.6 is 0 Å². The van der Waals surface area contributed by atoms with Crippen molar-refractivity contribution >= 4 is 17.3 Å².